The van der Waals surface area contributed by atoms with Crippen molar-refractivity contribution in [3.8, 4) is 0 Å². The maximum absolute atomic E-state index is 12.4. The molecule has 0 saturated heterocycles. The Morgan fingerprint density at radius 3 is 2.42 bits per heavy atom. The van der Waals surface area contributed by atoms with Crippen LogP contribution in [0.15, 0.2) is 42.5 Å². The summed E-state index contributed by atoms with van der Waals surface area (Å²) >= 11 is 0. The van der Waals surface area contributed by atoms with Gasteiger partial charge in [0.2, 0.25) is 0 Å². The summed E-state index contributed by atoms with van der Waals surface area (Å²) in [7, 11) is 3.98. The van der Waals surface area contributed by atoms with Crippen LogP contribution < -0.4 is 5.32 Å². The predicted molar refractivity (Wildman–Crippen MR) is 92.8 cm³/mol. The molecule has 0 atom stereocenters. The number of rotatable bonds is 6. The summed E-state index contributed by atoms with van der Waals surface area (Å²) in [5.41, 5.74) is 2.83. The lowest BCUT2D eigenvalue weighted by molar-refractivity contribution is -0.385. The van der Waals surface area contributed by atoms with Crippen molar-refractivity contribution in [2.24, 2.45) is 0 Å². The summed E-state index contributed by atoms with van der Waals surface area (Å²) in [5, 5.41) is 13.8. The van der Waals surface area contributed by atoms with E-state index < -0.39 is 4.92 Å². The maximum atomic E-state index is 12.4. The first kappa shape index (κ1) is 17.6. The van der Waals surface area contributed by atoms with Gasteiger partial charge in [-0.15, -0.1) is 0 Å². The van der Waals surface area contributed by atoms with Gasteiger partial charge in [-0.25, -0.2) is 0 Å². The van der Waals surface area contributed by atoms with Crippen LogP contribution in [0, 0.1) is 17.0 Å². The highest BCUT2D eigenvalue weighted by molar-refractivity contribution is 5.96. The molecule has 0 fully saturated rings. The molecule has 0 heterocycles. The number of nitrogens with zero attached hydrogens (tertiary/aromatic N) is 2. The Hall–Kier alpha value is -2.73. The smallest absolute Gasteiger partial charge is 0.273 e. The molecule has 2 aromatic carbocycles. The van der Waals surface area contributed by atoms with Gasteiger partial charge in [0.25, 0.3) is 11.6 Å². The Labute approximate surface area is 141 Å². The molecule has 1 N–H and O–H groups in total. The highest BCUT2D eigenvalue weighted by atomic mass is 16.6. The zero-order valence-electron chi connectivity index (χ0n) is 14.1. The molecular weight excluding hydrogens is 306 g/mol. The molecule has 0 aliphatic rings. The Balaban J connectivity index is 2.15. The molecule has 0 spiro atoms. The van der Waals surface area contributed by atoms with Gasteiger partial charge >= 0.3 is 0 Å². The standard InChI is InChI=1S/C18H21N3O3/c1-13-16(9-6-10-17(13)21(23)24)18(22)19-11-14-7-4-5-8-15(14)12-20(2)3/h4-10H,11-12H2,1-3H3,(H,19,22). The van der Waals surface area contributed by atoms with Gasteiger partial charge in [0.15, 0.2) is 0 Å². The molecule has 0 aliphatic carbocycles. The number of nitro benzene ring substituents is 1. The zero-order valence-corrected chi connectivity index (χ0v) is 14.1. The number of benzene rings is 2. The highest BCUT2D eigenvalue weighted by Gasteiger charge is 2.17. The van der Waals surface area contributed by atoms with Crippen molar-refractivity contribution >= 4 is 11.6 Å². The molecule has 6 heteroatoms. The van der Waals surface area contributed by atoms with E-state index in [0.29, 0.717) is 17.7 Å². The Morgan fingerprint density at radius 1 is 1.12 bits per heavy atom. The van der Waals surface area contributed by atoms with Crippen LogP contribution in [0.4, 0.5) is 5.69 Å². The van der Waals surface area contributed by atoms with Crippen molar-refractivity contribution in [2.75, 3.05) is 14.1 Å². The fourth-order valence-electron chi connectivity index (χ4n) is 2.56. The van der Waals surface area contributed by atoms with Gasteiger partial charge in [0.1, 0.15) is 0 Å². The van der Waals surface area contributed by atoms with E-state index in [1.165, 1.54) is 12.1 Å². The second-order valence-electron chi connectivity index (χ2n) is 5.90. The molecule has 0 aliphatic heterocycles. The monoisotopic (exact) mass is 327 g/mol. The van der Waals surface area contributed by atoms with E-state index >= 15 is 0 Å². The molecule has 1 amide bonds. The van der Waals surface area contributed by atoms with E-state index in [2.05, 4.69) is 10.2 Å². The average Bonchev–Trinajstić information content (AvgIpc) is 2.53. The van der Waals surface area contributed by atoms with Crippen molar-refractivity contribution in [3.05, 3.63) is 74.8 Å². The average molecular weight is 327 g/mol. The number of hydrogen-bond acceptors (Lipinski definition) is 4. The van der Waals surface area contributed by atoms with Crippen molar-refractivity contribution in [1.29, 1.82) is 0 Å². The number of nitrogens with one attached hydrogen (secondary N) is 1. The van der Waals surface area contributed by atoms with E-state index in [-0.39, 0.29) is 11.6 Å². The summed E-state index contributed by atoms with van der Waals surface area (Å²) in [4.78, 5) is 25.0. The van der Waals surface area contributed by atoms with Gasteiger partial charge in [-0.1, -0.05) is 30.3 Å². The van der Waals surface area contributed by atoms with Crippen LogP contribution in [0.5, 0.6) is 0 Å². The van der Waals surface area contributed by atoms with Gasteiger partial charge < -0.3 is 10.2 Å². The molecule has 0 saturated carbocycles. The first-order valence-corrected chi connectivity index (χ1v) is 7.64. The van der Waals surface area contributed by atoms with E-state index in [9.17, 15) is 14.9 Å². The second kappa shape index (κ2) is 7.70. The number of carbonyl (C=O) groups is 1. The normalized spacial score (nSPS) is 10.7. The number of carbonyl (C=O) groups excluding carboxylic acids is 1. The molecule has 126 valence electrons. The maximum Gasteiger partial charge on any atom is 0.273 e. The van der Waals surface area contributed by atoms with E-state index in [0.717, 1.165) is 17.7 Å². The van der Waals surface area contributed by atoms with E-state index in [1.807, 2.05) is 38.4 Å². The molecule has 2 aromatic rings. The third kappa shape index (κ3) is 4.17. The molecule has 0 unspecified atom stereocenters. The van der Waals surface area contributed by atoms with Crippen molar-refractivity contribution < 1.29 is 9.72 Å². The Kier molecular flexibility index (Phi) is 5.65. The first-order valence-electron chi connectivity index (χ1n) is 7.64. The van der Waals surface area contributed by atoms with Crippen LogP contribution in [0.1, 0.15) is 27.0 Å². The third-order valence-corrected chi connectivity index (χ3v) is 3.79. The van der Waals surface area contributed by atoms with Crippen LogP contribution in [0.25, 0.3) is 0 Å². The predicted octanol–water partition coefficient (Wildman–Crippen LogP) is 2.89. The number of amides is 1. The number of nitro groups is 1. The van der Waals surface area contributed by atoms with Crippen LogP contribution in [-0.4, -0.2) is 29.8 Å². The van der Waals surface area contributed by atoms with Gasteiger partial charge in [-0.3, -0.25) is 14.9 Å². The molecule has 0 aromatic heterocycles. The zero-order chi connectivity index (χ0) is 17.7. The minimum absolute atomic E-state index is 0.0457. The van der Waals surface area contributed by atoms with Crippen LogP contribution in [0.2, 0.25) is 0 Å². The lowest BCUT2D eigenvalue weighted by Crippen LogP contribution is -2.25. The summed E-state index contributed by atoms with van der Waals surface area (Å²) < 4.78 is 0. The second-order valence-corrected chi connectivity index (χ2v) is 5.90. The molecular formula is C18H21N3O3. The fraction of sp³-hybridized carbons (Fsp3) is 0.278. The fourth-order valence-corrected chi connectivity index (χ4v) is 2.56. The van der Waals surface area contributed by atoms with Crippen LogP contribution >= 0.6 is 0 Å². The highest BCUT2D eigenvalue weighted by Crippen LogP contribution is 2.21. The Bertz CT molecular complexity index is 757. The summed E-state index contributed by atoms with van der Waals surface area (Å²) in [6, 6.07) is 12.4. The van der Waals surface area contributed by atoms with Gasteiger partial charge in [0, 0.05) is 30.3 Å². The van der Waals surface area contributed by atoms with Gasteiger partial charge in [-0.2, -0.15) is 0 Å². The van der Waals surface area contributed by atoms with E-state index in [1.54, 1.807) is 13.0 Å². The quantitative estimate of drug-likeness (QED) is 0.654. The van der Waals surface area contributed by atoms with Crippen molar-refractivity contribution in [1.82, 2.24) is 10.2 Å². The summed E-state index contributed by atoms with van der Waals surface area (Å²) in [6.07, 6.45) is 0. The Morgan fingerprint density at radius 2 is 1.79 bits per heavy atom. The minimum atomic E-state index is -0.474. The van der Waals surface area contributed by atoms with Gasteiger partial charge in [-0.05, 0) is 38.2 Å². The lowest BCUT2D eigenvalue weighted by atomic mass is 10.0. The number of hydrogen-bond donors (Lipinski definition) is 1. The summed E-state index contributed by atoms with van der Waals surface area (Å²) in [5.74, 6) is -0.309. The molecule has 0 bridgehead atoms. The van der Waals surface area contributed by atoms with Crippen LogP contribution in [-0.2, 0) is 13.1 Å². The first-order chi connectivity index (χ1) is 11.4. The molecule has 6 nitrogen and oxygen atoms in total. The minimum Gasteiger partial charge on any atom is -0.348 e. The van der Waals surface area contributed by atoms with Gasteiger partial charge in [0.05, 0.1) is 4.92 Å². The topological polar surface area (TPSA) is 75.5 Å². The largest absolute Gasteiger partial charge is 0.348 e. The SMILES string of the molecule is Cc1c(C(=O)NCc2ccccc2CN(C)C)cccc1[N+](=O)[O-]. The molecule has 0 radical (unpaired) electrons. The summed E-state index contributed by atoms with van der Waals surface area (Å²) in [6.45, 7) is 2.75. The van der Waals surface area contributed by atoms with Crippen LogP contribution in [0.3, 0.4) is 0 Å². The van der Waals surface area contributed by atoms with Crippen molar-refractivity contribution in [3.63, 3.8) is 0 Å². The third-order valence-electron chi connectivity index (χ3n) is 3.79. The molecule has 24 heavy (non-hydrogen) atoms. The van der Waals surface area contributed by atoms with E-state index in [4.69, 9.17) is 0 Å². The lowest BCUT2D eigenvalue weighted by Gasteiger charge is -2.15. The molecule has 2 rings (SSSR count). The van der Waals surface area contributed by atoms with Crippen molar-refractivity contribution in [2.45, 2.75) is 20.0 Å².